The second kappa shape index (κ2) is 6.53. The monoisotopic (exact) mass is 254 g/mol. The average Bonchev–Trinajstić information content (AvgIpc) is 2.82. The number of carbonyl (C=O) groups is 1. The zero-order chi connectivity index (χ0) is 13.0. The largest absolute Gasteiger partial charge is 0.393 e. The summed E-state index contributed by atoms with van der Waals surface area (Å²) in [5.41, 5.74) is 0. The Labute approximate surface area is 110 Å². The Hall–Kier alpha value is -0.610. The van der Waals surface area contributed by atoms with Gasteiger partial charge in [0.1, 0.15) is 0 Å². The summed E-state index contributed by atoms with van der Waals surface area (Å²) in [5.74, 6) is 1.30. The lowest BCUT2D eigenvalue weighted by Gasteiger charge is -2.29. The topological polar surface area (TPSA) is 61.4 Å². The Kier molecular flexibility index (Phi) is 5.01. The normalized spacial score (nSPS) is 36.6. The van der Waals surface area contributed by atoms with Gasteiger partial charge >= 0.3 is 0 Å². The minimum absolute atomic E-state index is 0.00461. The molecule has 2 aliphatic rings. The molecule has 3 N–H and O–H groups in total. The molecule has 4 atom stereocenters. The molecular formula is C14H26N2O2. The maximum atomic E-state index is 12.1. The first-order chi connectivity index (χ1) is 8.69. The number of carbonyl (C=O) groups excluding carboxylic acids is 1. The van der Waals surface area contributed by atoms with Gasteiger partial charge in [0.25, 0.3) is 0 Å². The van der Waals surface area contributed by atoms with Crippen LogP contribution >= 0.6 is 0 Å². The molecule has 0 aromatic rings. The van der Waals surface area contributed by atoms with Crippen LogP contribution in [0.25, 0.3) is 0 Å². The number of hydrogen-bond acceptors (Lipinski definition) is 3. The smallest absolute Gasteiger partial charge is 0.237 e. The van der Waals surface area contributed by atoms with Crippen molar-refractivity contribution in [3.63, 3.8) is 0 Å². The van der Waals surface area contributed by atoms with Gasteiger partial charge in [-0.3, -0.25) is 4.79 Å². The van der Waals surface area contributed by atoms with Crippen molar-refractivity contribution in [1.82, 2.24) is 10.6 Å². The van der Waals surface area contributed by atoms with Crippen molar-refractivity contribution in [1.29, 1.82) is 0 Å². The lowest BCUT2D eigenvalue weighted by atomic mass is 9.90. The van der Waals surface area contributed by atoms with Crippen molar-refractivity contribution < 1.29 is 9.90 Å². The molecule has 4 nitrogen and oxygen atoms in total. The van der Waals surface area contributed by atoms with Crippen LogP contribution in [0.15, 0.2) is 0 Å². The highest BCUT2D eigenvalue weighted by Crippen LogP contribution is 2.24. The van der Waals surface area contributed by atoms with Gasteiger partial charge in [-0.2, -0.15) is 0 Å². The Morgan fingerprint density at radius 2 is 2.11 bits per heavy atom. The maximum absolute atomic E-state index is 12.1. The summed E-state index contributed by atoms with van der Waals surface area (Å²) in [7, 11) is 0. The lowest BCUT2D eigenvalue weighted by Crippen LogP contribution is -2.49. The molecule has 1 aliphatic heterocycles. The van der Waals surface area contributed by atoms with Gasteiger partial charge in [0.15, 0.2) is 0 Å². The van der Waals surface area contributed by atoms with Gasteiger partial charge in [0, 0.05) is 6.54 Å². The average molecular weight is 254 g/mol. The van der Waals surface area contributed by atoms with Crippen molar-refractivity contribution in [2.24, 2.45) is 11.8 Å². The minimum Gasteiger partial charge on any atom is -0.393 e. The first-order valence-electron chi connectivity index (χ1n) is 7.38. The molecule has 0 aromatic heterocycles. The Balaban J connectivity index is 1.70. The quantitative estimate of drug-likeness (QED) is 0.702. The van der Waals surface area contributed by atoms with Crippen molar-refractivity contribution in [2.75, 3.05) is 13.1 Å². The molecule has 4 unspecified atom stereocenters. The predicted octanol–water partition coefficient (Wildman–Crippen LogP) is 1.04. The van der Waals surface area contributed by atoms with E-state index < -0.39 is 0 Å². The second-order valence-electron chi connectivity index (χ2n) is 5.88. The van der Waals surface area contributed by atoms with Gasteiger partial charge in [0.05, 0.1) is 12.1 Å². The van der Waals surface area contributed by atoms with Gasteiger partial charge < -0.3 is 15.7 Å². The zero-order valence-electron chi connectivity index (χ0n) is 11.3. The number of piperidine rings is 1. The molecule has 4 heteroatoms. The second-order valence-corrected chi connectivity index (χ2v) is 5.88. The number of aliphatic hydroxyl groups excluding tert-OH is 1. The number of amides is 1. The van der Waals surface area contributed by atoms with Gasteiger partial charge in [0.2, 0.25) is 5.91 Å². The van der Waals surface area contributed by atoms with E-state index in [1.807, 2.05) is 0 Å². The van der Waals surface area contributed by atoms with Crippen LogP contribution in [0.2, 0.25) is 0 Å². The third kappa shape index (κ3) is 3.69. The van der Waals surface area contributed by atoms with E-state index in [2.05, 4.69) is 17.6 Å². The first kappa shape index (κ1) is 13.8. The Bertz CT molecular complexity index is 283. The minimum atomic E-state index is -0.149. The third-order valence-corrected chi connectivity index (χ3v) is 4.48. The molecule has 0 radical (unpaired) electrons. The van der Waals surface area contributed by atoms with Gasteiger partial charge in [-0.1, -0.05) is 13.3 Å². The molecule has 2 fully saturated rings. The van der Waals surface area contributed by atoms with Crippen LogP contribution in [0.3, 0.4) is 0 Å². The summed E-state index contributed by atoms with van der Waals surface area (Å²) in [6, 6.07) is -0.00461. The molecule has 1 amide bonds. The Morgan fingerprint density at radius 3 is 2.78 bits per heavy atom. The van der Waals surface area contributed by atoms with E-state index in [1.165, 1.54) is 12.8 Å². The molecule has 0 aromatic carbocycles. The fourth-order valence-electron chi connectivity index (χ4n) is 3.17. The van der Waals surface area contributed by atoms with Crippen LogP contribution < -0.4 is 10.6 Å². The highest BCUT2D eigenvalue weighted by molar-refractivity contribution is 5.81. The van der Waals surface area contributed by atoms with Crippen molar-refractivity contribution >= 4 is 5.91 Å². The number of aliphatic hydroxyl groups is 1. The number of nitrogens with one attached hydrogen (secondary N) is 2. The summed E-state index contributed by atoms with van der Waals surface area (Å²) < 4.78 is 0. The Morgan fingerprint density at radius 1 is 1.28 bits per heavy atom. The van der Waals surface area contributed by atoms with Crippen molar-refractivity contribution in [2.45, 2.75) is 57.6 Å². The highest BCUT2D eigenvalue weighted by Gasteiger charge is 2.27. The summed E-state index contributed by atoms with van der Waals surface area (Å²) in [5, 5.41) is 15.8. The molecular weight excluding hydrogens is 228 g/mol. The highest BCUT2D eigenvalue weighted by atomic mass is 16.3. The van der Waals surface area contributed by atoms with Crippen LogP contribution in [-0.2, 0) is 4.79 Å². The molecule has 1 saturated carbocycles. The molecule has 0 spiro atoms. The molecule has 104 valence electrons. The van der Waals surface area contributed by atoms with Crippen LogP contribution in [-0.4, -0.2) is 36.2 Å². The SMILES string of the molecule is CCC1CCNC(C(=O)NCC2CCC(O)C2)C1. The number of rotatable bonds is 4. The van der Waals surface area contributed by atoms with E-state index in [-0.39, 0.29) is 18.1 Å². The molecule has 1 aliphatic carbocycles. The zero-order valence-corrected chi connectivity index (χ0v) is 11.3. The molecule has 1 saturated heterocycles. The van der Waals surface area contributed by atoms with Crippen LogP contribution in [0.4, 0.5) is 0 Å². The summed E-state index contributed by atoms with van der Waals surface area (Å²) in [4.78, 5) is 12.1. The summed E-state index contributed by atoms with van der Waals surface area (Å²) >= 11 is 0. The van der Waals surface area contributed by atoms with E-state index in [0.717, 1.165) is 38.8 Å². The third-order valence-electron chi connectivity index (χ3n) is 4.48. The molecule has 0 bridgehead atoms. The van der Waals surface area contributed by atoms with Gasteiger partial charge in [-0.25, -0.2) is 0 Å². The lowest BCUT2D eigenvalue weighted by molar-refractivity contribution is -0.124. The van der Waals surface area contributed by atoms with Crippen LogP contribution in [0, 0.1) is 11.8 Å². The first-order valence-corrected chi connectivity index (χ1v) is 7.38. The molecule has 1 heterocycles. The summed E-state index contributed by atoms with van der Waals surface area (Å²) in [6.07, 6.45) is 5.95. The molecule has 2 rings (SSSR count). The van der Waals surface area contributed by atoms with E-state index in [1.54, 1.807) is 0 Å². The van der Waals surface area contributed by atoms with Gasteiger partial charge in [-0.05, 0) is 50.5 Å². The van der Waals surface area contributed by atoms with Crippen LogP contribution in [0.1, 0.15) is 45.4 Å². The van der Waals surface area contributed by atoms with Crippen LogP contribution in [0.5, 0.6) is 0 Å². The molecule has 18 heavy (non-hydrogen) atoms. The van der Waals surface area contributed by atoms with Gasteiger partial charge in [-0.15, -0.1) is 0 Å². The maximum Gasteiger partial charge on any atom is 0.237 e. The van der Waals surface area contributed by atoms with E-state index in [0.29, 0.717) is 11.8 Å². The predicted molar refractivity (Wildman–Crippen MR) is 71.2 cm³/mol. The van der Waals surface area contributed by atoms with Crippen molar-refractivity contribution in [3.8, 4) is 0 Å². The fraction of sp³-hybridized carbons (Fsp3) is 0.929. The summed E-state index contributed by atoms with van der Waals surface area (Å²) in [6.45, 7) is 3.88. The van der Waals surface area contributed by atoms with E-state index >= 15 is 0 Å². The number of hydrogen-bond donors (Lipinski definition) is 3. The fourth-order valence-corrected chi connectivity index (χ4v) is 3.17. The van der Waals surface area contributed by atoms with Crippen molar-refractivity contribution in [3.05, 3.63) is 0 Å². The standard InChI is InChI=1S/C14H26N2O2/c1-2-10-5-6-15-13(8-10)14(18)16-9-11-3-4-12(17)7-11/h10-13,15,17H,2-9H2,1H3,(H,16,18). The van der Waals surface area contributed by atoms with E-state index in [9.17, 15) is 9.90 Å². The van der Waals surface area contributed by atoms with E-state index in [4.69, 9.17) is 0 Å².